The summed E-state index contributed by atoms with van der Waals surface area (Å²) in [6, 6.07) is 5.76. The smallest absolute Gasteiger partial charge is 0.251 e. The molecule has 0 aliphatic rings. The summed E-state index contributed by atoms with van der Waals surface area (Å²) in [6.45, 7) is 5.22. The second-order valence-corrected chi connectivity index (χ2v) is 3.65. The monoisotopic (exact) mass is 206 g/mol. The molecule has 15 heavy (non-hydrogen) atoms. The van der Waals surface area contributed by atoms with Gasteiger partial charge in [-0.2, -0.15) is 0 Å². The maximum absolute atomic E-state index is 11.7. The first-order valence-electron chi connectivity index (χ1n) is 5.21. The van der Waals surface area contributed by atoms with Gasteiger partial charge in [0.25, 0.3) is 5.91 Å². The van der Waals surface area contributed by atoms with Crippen LogP contribution in [0.15, 0.2) is 18.2 Å². The zero-order chi connectivity index (χ0) is 11.3. The molecule has 1 rings (SSSR count). The van der Waals surface area contributed by atoms with E-state index < -0.39 is 0 Å². The molecule has 0 saturated heterocycles. The summed E-state index contributed by atoms with van der Waals surface area (Å²) in [4.78, 5) is 11.7. The molecule has 1 aromatic rings. The van der Waals surface area contributed by atoms with Crippen molar-refractivity contribution >= 4 is 5.91 Å². The molecule has 0 fully saturated rings. The third-order valence-electron chi connectivity index (χ3n) is 2.52. The number of rotatable bonds is 4. The van der Waals surface area contributed by atoms with Crippen molar-refractivity contribution in [1.82, 2.24) is 5.32 Å². The second kappa shape index (κ2) is 5.51. The summed E-state index contributed by atoms with van der Waals surface area (Å²) in [5, 5.41) is 2.85. The number of aryl methyl sites for hydroxylation is 1. The van der Waals surface area contributed by atoms with Gasteiger partial charge in [0, 0.05) is 12.1 Å². The number of nitrogens with one attached hydrogen (secondary N) is 1. The molecule has 0 aliphatic carbocycles. The third-order valence-corrected chi connectivity index (χ3v) is 2.52. The molecule has 0 atom stereocenters. The lowest BCUT2D eigenvalue weighted by Gasteiger charge is -2.08. The van der Waals surface area contributed by atoms with Gasteiger partial charge < -0.3 is 11.1 Å². The molecule has 0 aliphatic heterocycles. The largest absolute Gasteiger partial charge is 0.352 e. The SMILES string of the molecule is Cc1cccc(C(=O)NCCCN)c1C. The molecule has 0 saturated carbocycles. The van der Waals surface area contributed by atoms with E-state index in [9.17, 15) is 4.79 Å². The van der Waals surface area contributed by atoms with Crippen LogP contribution in [0.3, 0.4) is 0 Å². The average Bonchev–Trinajstić information content (AvgIpc) is 2.22. The van der Waals surface area contributed by atoms with Crippen molar-refractivity contribution in [2.24, 2.45) is 5.73 Å². The minimum absolute atomic E-state index is 0.00958. The first-order chi connectivity index (χ1) is 7.16. The summed E-state index contributed by atoms with van der Waals surface area (Å²) < 4.78 is 0. The molecule has 0 heterocycles. The zero-order valence-corrected chi connectivity index (χ0v) is 9.34. The summed E-state index contributed by atoms with van der Waals surface area (Å²) in [6.07, 6.45) is 0.816. The van der Waals surface area contributed by atoms with Crippen LogP contribution >= 0.6 is 0 Å². The molecule has 0 bridgehead atoms. The number of hydrogen-bond donors (Lipinski definition) is 2. The Labute approximate surface area is 90.7 Å². The topological polar surface area (TPSA) is 55.1 Å². The van der Waals surface area contributed by atoms with E-state index in [-0.39, 0.29) is 5.91 Å². The number of carbonyl (C=O) groups is 1. The van der Waals surface area contributed by atoms with Crippen molar-refractivity contribution in [2.45, 2.75) is 20.3 Å². The van der Waals surface area contributed by atoms with Crippen LogP contribution in [0.25, 0.3) is 0 Å². The fourth-order valence-electron chi connectivity index (χ4n) is 1.40. The summed E-state index contributed by atoms with van der Waals surface area (Å²) in [5.41, 5.74) is 8.30. The van der Waals surface area contributed by atoms with Crippen LogP contribution in [0.1, 0.15) is 27.9 Å². The zero-order valence-electron chi connectivity index (χ0n) is 9.34. The van der Waals surface area contributed by atoms with Crippen LogP contribution in [0, 0.1) is 13.8 Å². The molecule has 3 heteroatoms. The van der Waals surface area contributed by atoms with Gasteiger partial charge in [0.2, 0.25) is 0 Å². The molecular formula is C12H18N2O. The van der Waals surface area contributed by atoms with Gasteiger partial charge >= 0.3 is 0 Å². The van der Waals surface area contributed by atoms with Crippen molar-refractivity contribution < 1.29 is 4.79 Å². The van der Waals surface area contributed by atoms with Crippen LogP contribution < -0.4 is 11.1 Å². The maximum atomic E-state index is 11.7. The Morgan fingerprint density at radius 2 is 2.13 bits per heavy atom. The van der Waals surface area contributed by atoms with Gasteiger partial charge in [-0.25, -0.2) is 0 Å². The molecule has 1 aromatic carbocycles. The van der Waals surface area contributed by atoms with Crippen LogP contribution in [-0.4, -0.2) is 19.0 Å². The lowest BCUT2D eigenvalue weighted by atomic mass is 10.0. The fourth-order valence-corrected chi connectivity index (χ4v) is 1.40. The van der Waals surface area contributed by atoms with Crippen molar-refractivity contribution in [3.63, 3.8) is 0 Å². The fraction of sp³-hybridized carbons (Fsp3) is 0.417. The molecule has 0 unspecified atom stereocenters. The van der Waals surface area contributed by atoms with E-state index in [1.165, 1.54) is 0 Å². The highest BCUT2D eigenvalue weighted by Crippen LogP contribution is 2.12. The summed E-state index contributed by atoms with van der Waals surface area (Å²) in [7, 11) is 0. The maximum Gasteiger partial charge on any atom is 0.251 e. The molecule has 1 amide bonds. The van der Waals surface area contributed by atoms with E-state index in [0.29, 0.717) is 13.1 Å². The van der Waals surface area contributed by atoms with Gasteiger partial charge in [-0.05, 0) is 44.0 Å². The van der Waals surface area contributed by atoms with Crippen LogP contribution in [-0.2, 0) is 0 Å². The van der Waals surface area contributed by atoms with Crippen molar-refractivity contribution in [2.75, 3.05) is 13.1 Å². The van der Waals surface area contributed by atoms with E-state index in [0.717, 1.165) is 23.1 Å². The Kier molecular flexibility index (Phi) is 4.31. The average molecular weight is 206 g/mol. The minimum Gasteiger partial charge on any atom is -0.352 e. The van der Waals surface area contributed by atoms with Crippen molar-refractivity contribution in [3.05, 3.63) is 34.9 Å². The third kappa shape index (κ3) is 3.06. The number of amides is 1. The van der Waals surface area contributed by atoms with E-state index in [1.54, 1.807) is 0 Å². The predicted octanol–water partition coefficient (Wildman–Crippen LogP) is 1.38. The van der Waals surface area contributed by atoms with Crippen molar-refractivity contribution in [1.29, 1.82) is 0 Å². The van der Waals surface area contributed by atoms with Crippen LogP contribution in [0.4, 0.5) is 0 Å². The molecule has 3 N–H and O–H groups in total. The Morgan fingerprint density at radius 3 is 2.80 bits per heavy atom. The molecule has 0 aromatic heterocycles. The van der Waals surface area contributed by atoms with Gasteiger partial charge in [0.05, 0.1) is 0 Å². The minimum atomic E-state index is -0.00958. The predicted molar refractivity (Wildman–Crippen MR) is 61.9 cm³/mol. The van der Waals surface area contributed by atoms with E-state index >= 15 is 0 Å². The van der Waals surface area contributed by atoms with Crippen LogP contribution in [0.5, 0.6) is 0 Å². The number of hydrogen-bond acceptors (Lipinski definition) is 2. The lowest BCUT2D eigenvalue weighted by Crippen LogP contribution is -2.26. The number of benzene rings is 1. The quantitative estimate of drug-likeness (QED) is 0.731. The molecule has 3 nitrogen and oxygen atoms in total. The van der Waals surface area contributed by atoms with Gasteiger partial charge in [-0.15, -0.1) is 0 Å². The molecule has 0 spiro atoms. The normalized spacial score (nSPS) is 10.1. The summed E-state index contributed by atoms with van der Waals surface area (Å²) >= 11 is 0. The molecule has 82 valence electrons. The van der Waals surface area contributed by atoms with Gasteiger partial charge in [0.15, 0.2) is 0 Å². The molecule has 0 radical (unpaired) electrons. The second-order valence-electron chi connectivity index (χ2n) is 3.65. The number of carbonyl (C=O) groups excluding carboxylic acids is 1. The Bertz CT molecular complexity index is 347. The molecular weight excluding hydrogens is 188 g/mol. The highest BCUT2D eigenvalue weighted by atomic mass is 16.1. The Morgan fingerprint density at radius 1 is 1.40 bits per heavy atom. The highest BCUT2D eigenvalue weighted by molar-refractivity contribution is 5.95. The highest BCUT2D eigenvalue weighted by Gasteiger charge is 2.08. The van der Waals surface area contributed by atoms with Crippen molar-refractivity contribution in [3.8, 4) is 0 Å². The van der Waals surface area contributed by atoms with Gasteiger partial charge in [0.1, 0.15) is 0 Å². The van der Waals surface area contributed by atoms with Crippen LogP contribution in [0.2, 0.25) is 0 Å². The van der Waals surface area contributed by atoms with Gasteiger partial charge in [-0.1, -0.05) is 12.1 Å². The Hall–Kier alpha value is -1.35. The first-order valence-corrected chi connectivity index (χ1v) is 5.21. The number of nitrogens with two attached hydrogens (primary N) is 1. The van der Waals surface area contributed by atoms with Gasteiger partial charge in [-0.3, -0.25) is 4.79 Å². The Balaban J connectivity index is 2.69. The van der Waals surface area contributed by atoms with E-state index in [4.69, 9.17) is 5.73 Å². The van der Waals surface area contributed by atoms with E-state index in [2.05, 4.69) is 5.32 Å². The lowest BCUT2D eigenvalue weighted by molar-refractivity contribution is 0.0953. The summed E-state index contributed by atoms with van der Waals surface area (Å²) in [5.74, 6) is -0.00958. The standard InChI is InChI=1S/C12H18N2O/c1-9-5-3-6-11(10(9)2)12(15)14-8-4-7-13/h3,5-6H,4,7-8,13H2,1-2H3,(H,14,15). The van der Waals surface area contributed by atoms with E-state index in [1.807, 2.05) is 32.0 Å². The first kappa shape index (κ1) is 11.7.